The summed E-state index contributed by atoms with van der Waals surface area (Å²) in [6.07, 6.45) is 5.75. The quantitative estimate of drug-likeness (QED) is 0.270. The Morgan fingerprint density at radius 2 is 1.61 bits per heavy atom. The van der Waals surface area contributed by atoms with E-state index in [9.17, 15) is 19.2 Å². The molecule has 7 heterocycles. The lowest BCUT2D eigenvalue weighted by Crippen LogP contribution is -2.63. The Labute approximate surface area is 332 Å². The number of rotatable bonds is 7. The number of pyridine rings is 1. The number of nitrogens with zero attached hydrogens (tertiary/aromatic N) is 8. The second-order valence-corrected chi connectivity index (χ2v) is 16.9. The molecule has 3 aromatic rings. The number of halogens is 1. The van der Waals surface area contributed by atoms with Gasteiger partial charge in [0, 0.05) is 100 Å². The van der Waals surface area contributed by atoms with Gasteiger partial charge in [0.1, 0.15) is 6.04 Å². The Morgan fingerprint density at radius 3 is 2.30 bits per heavy atom. The number of piperazine rings is 1. The first-order valence-corrected chi connectivity index (χ1v) is 20.2. The molecule has 13 nitrogen and oxygen atoms in total. The topological polar surface area (TPSA) is 117 Å². The van der Waals surface area contributed by atoms with Gasteiger partial charge in [0.2, 0.25) is 17.5 Å². The lowest BCUT2D eigenvalue weighted by Gasteiger charge is -2.49. The molecule has 6 aliphatic rings. The molecule has 6 aliphatic heterocycles. The van der Waals surface area contributed by atoms with Gasteiger partial charge in [-0.05, 0) is 80.5 Å². The maximum absolute atomic E-state index is 13.3. The van der Waals surface area contributed by atoms with E-state index in [1.165, 1.54) is 12.1 Å². The van der Waals surface area contributed by atoms with Gasteiger partial charge >= 0.3 is 0 Å². The molecule has 56 heavy (non-hydrogen) atoms. The molecule has 5 fully saturated rings. The Bertz CT molecular complexity index is 2120. The van der Waals surface area contributed by atoms with Crippen LogP contribution in [0.1, 0.15) is 65.4 Å². The Balaban J connectivity index is 0.725. The highest BCUT2D eigenvalue weighted by molar-refractivity contribution is 6.33. The molecule has 9 rings (SSSR count). The summed E-state index contributed by atoms with van der Waals surface area (Å²) in [6, 6.07) is 15.5. The number of hydrogen-bond acceptors (Lipinski definition) is 10. The van der Waals surface area contributed by atoms with Crippen molar-refractivity contribution in [2.45, 2.75) is 63.7 Å². The number of anilines is 3. The van der Waals surface area contributed by atoms with Gasteiger partial charge in [-0.15, -0.1) is 0 Å². The molecule has 1 N–H and O–H groups in total. The number of imide groups is 2. The van der Waals surface area contributed by atoms with Crippen LogP contribution in [0.3, 0.4) is 0 Å². The molecule has 1 unspecified atom stereocenters. The molecule has 2 aromatic carbocycles. The van der Waals surface area contributed by atoms with Crippen molar-refractivity contribution in [1.82, 2.24) is 25.0 Å². The van der Waals surface area contributed by atoms with Gasteiger partial charge in [0.15, 0.2) is 0 Å². The minimum Gasteiger partial charge on any atom is -0.370 e. The predicted molar refractivity (Wildman–Crippen MR) is 213 cm³/mol. The second-order valence-electron chi connectivity index (χ2n) is 16.5. The fraction of sp³-hybridized carbons (Fsp3) is 0.476. The van der Waals surface area contributed by atoms with E-state index in [1.54, 1.807) is 12.1 Å². The molecule has 4 amide bonds. The number of carbonyl (C=O) groups excluding carboxylic acids is 4. The molecule has 0 saturated carbocycles. The summed E-state index contributed by atoms with van der Waals surface area (Å²) in [6.45, 7) is 19.1. The summed E-state index contributed by atoms with van der Waals surface area (Å²) in [5, 5.41) is 2.78. The fourth-order valence-corrected chi connectivity index (χ4v) is 10.0. The highest BCUT2D eigenvalue weighted by atomic mass is 35.5. The van der Waals surface area contributed by atoms with E-state index < -0.39 is 23.8 Å². The number of hydrogen-bond donors (Lipinski definition) is 1. The monoisotopic (exact) mass is 775 g/mol. The molecule has 1 spiro atoms. The number of benzene rings is 2. The average molecular weight is 776 g/mol. The van der Waals surface area contributed by atoms with Crippen LogP contribution in [0.4, 0.5) is 22.7 Å². The summed E-state index contributed by atoms with van der Waals surface area (Å²) >= 11 is 6.39. The summed E-state index contributed by atoms with van der Waals surface area (Å²) in [5.74, 6) is -1.93. The first-order valence-electron chi connectivity index (χ1n) is 19.8. The molecule has 0 aliphatic carbocycles. The summed E-state index contributed by atoms with van der Waals surface area (Å²) < 4.78 is 0. The maximum atomic E-state index is 13.3. The van der Waals surface area contributed by atoms with Crippen molar-refractivity contribution >= 4 is 58.0 Å². The van der Waals surface area contributed by atoms with E-state index in [2.05, 4.69) is 53.7 Å². The van der Waals surface area contributed by atoms with Crippen molar-refractivity contribution in [2.24, 2.45) is 5.41 Å². The fourth-order valence-electron chi connectivity index (χ4n) is 9.80. The standard InChI is InChI=1S/C42H46ClN9O4/c1-27-21-42(26-51(27)30-6-8-36(44-2)35(43)20-30)11-13-48(14-12-42)31-4-3-28(45-22-31)23-47-15-17-49(18-16-47)32-24-50(25-32)29-5-7-33-34(19-29)41(56)52(40(33)55)37-9-10-38(53)46-39(37)54/h3-8,19-20,22,27,32,37H,9-18,21,23-26H2,1H3,(H,46,53,54)/t27-,37?/m0/s1. The van der Waals surface area contributed by atoms with Crippen LogP contribution in [0, 0.1) is 12.0 Å². The van der Waals surface area contributed by atoms with Crippen molar-refractivity contribution in [3.8, 4) is 0 Å². The maximum Gasteiger partial charge on any atom is 0.262 e. The number of carbonyl (C=O) groups is 4. The Kier molecular flexibility index (Phi) is 9.46. The number of nitrogens with one attached hydrogen (secondary N) is 1. The van der Waals surface area contributed by atoms with Gasteiger partial charge in [-0.3, -0.25) is 44.2 Å². The lowest BCUT2D eigenvalue weighted by molar-refractivity contribution is -0.136. The highest BCUT2D eigenvalue weighted by Crippen LogP contribution is 2.46. The van der Waals surface area contributed by atoms with Crippen LogP contribution in [0.25, 0.3) is 4.85 Å². The van der Waals surface area contributed by atoms with Crippen molar-refractivity contribution in [3.63, 3.8) is 0 Å². The number of aromatic nitrogens is 1. The van der Waals surface area contributed by atoms with E-state index in [-0.39, 0.29) is 18.7 Å². The Hall–Kier alpha value is -5.03. The van der Waals surface area contributed by atoms with Crippen LogP contribution < -0.4 is 20.0 Å². The van der Waals surface area contributed by atoms with Crippen LogP contribution in [0.5, 0.6) is 0 Å². The van der Waals surface area contributed by atoms with E-state index in [0.717, 1.165) is 100 Å². The molecule has 1 aromatic heterocycles. The molecule has 5 saturated heterocycles. The van der Waals surface area contributed by atoms with Crippen LogP contribution >= 0.6 is 11.6 Å². The van der Waals surface area contributed by atoms with Crippen molar-refractivity contribution < 1.29 is 19.2 Å². The van der Waals surface area contributed by atoms with Gasteiger partial charge in [0.05, 0.1) is 35.3 Å². The zero-order chi connectivity index (χ0) is 38.7. The third kappa shape index (κ3) is 6.67. The van der Waals surface area contributed by atoms with Gasteiger partial charge in [0.25, 0.3) is 11.8 Å². The van der Waals surface area contributed by atoms with Gasteiger partial charge in [-0.25, -0.2) is 4.85 Å². The lowest BCUT2D eigenvalue weighted by atomic mass is 9.76. The molecule has 2 atom stereocenters. The zero-order valence-electron chi connectivity index (χ0n) is 31.6. The first kappa shape index (κ1) is 36.6. The van der Waals surface area contributed by atoms with E-state index in [4.69, 9.17) is 23.2 Å². The SMILES string of the molecule is [C-]#[N+]c1ccc(N2CC3(CCN(c4ccc(CN5CCN(C6CN(c7ccc8c(c7)C(=O)N(C7CCC(=O)NC7=O)C8=O)C6)CC5)nc4)CC3)C[C@@H]2C)cc1Cl. The minimum atomic E-state index is -0.960. The molecule has 290 valence electrons. The summed E-state index contributed by atoms with van der Waals surface area (Å²) in [5.41, 5.74) is 5.72. The highest BCUT2D eigenvalue weighted by Gasteiger charge is 2.46. The van der Waals surface area contributed by atoms with Crippen LogP contribution in [-0.2, 0) is 16.1 Å². The third-order valence-corrected chi connectivity index (χ3v) is 13.4. The van der Waals surface area contributed by atoms with E-state index in [1.807, 2.05) is 30.5 Å². The third-order valence-electron chi connectivity index (χ3n) is 13.1. The zero-order valence-corrected chi connectivity index (χ0v) is 32.4. The predicted octanol–water partition coefficient (Wildman–Crippen LogP) is 4.58. The largest absolute Gasteiger partial charge is 0.370 e. The first-order chi connectivity index (χ1) is 27.1. The van der Waals surface area contributed by atoms with Gasteiger partial charge in [-0.1, -0.05) is 17.7 Å². The molecule has 14 heteroatoms. The molecular weight excluding hydrogens is 730 g/mol. The van der Waals surface area contributed by atoms with Crippen molar-refractivity contribution in [2.75, 3.05) is 73.6 Å². The molecular formula is C42H46ClN9O4. The Morgan fingerprint density at radius 1 is 0.875 bits per heavy atom. The summed E-state index contributed by atoms with van der Waals surface area (Å²) in [4.78, 5) is 72.0. The van der Waals surface area contributed by atoms with Gasteiger partial charge in [-0.2, -0.15) is 0 Å². The second kappa shape index (κ2) is 14.5. The average Bonchev–Trinajstić information content (AvgIpc) is 3.63. The van der Waals surface area contributed by atoms with E-state index >= 15 is 0 Å². The number of piperidine rings is 2. The normalized spacial score (nSPS) is 24.4. The van der Waals surface area contributed by atoms with Gasteiger partial charge < -0.3 is 14.7 Å². The van der Waals surface area contributed by atoms with Crippen LogP contribution in [0.2, 0.25) is 5.02 Å². The summed E-state index contributed by atoms with van der Waals surface area (Å²) in [7, 11) is 0. The minimum absolute atomic E-state index is 0.101. The van der Waals surface area contributed by atoms with Crippen LogP contribution in [0.15, 0.2) is 54.7 Å². The van der Waals surface area contributed by atoms with Crippen molar-refractivity contribution in [1.29, 1.82) is 0 Å². The number of fused-ring (bicyclic) bond motifs is 1. The van der Waals surface area contributed by atoms with Crippen LogP contribution in [-0.4, -0.2) is 120 Å². The van der Waals surface area contributed by atoms with Crippen molar-refractivity contribution in [3.05, 3.63) is 88.0 Å². The smallest absolute Gasteiger partial charge is 0.262 e. The molecule has 0 bridgehead atoms. The number of amides is 4. The molecule has 0 radical (unpaired) electrons. The van der Waals surface area contributed by atoms with E-state index in [0.29, 0.717) is 39.3 Å².